The van der Waals surface area contributed by atoms with Crippen molar-refractivity contribution in [3.63, 3.8) is 0 Å². The van der Waals surface area contributed by atoms with Gasteiger partial charge in [0.1, 0.15) is 12.2 Å². The van der Waals surface area contributed by atoms with Crippen molar-refractivity contribution in [3.05, 3.63) is 108 Å². The molecule has 44 heavy (non-hydrogen) atoms. The molecule has 6 heteroatoms. The van der Waals surface area contributed by atoms with Crippen molar-refractivity contribution in [1.29, 1.82) is 0 Å². The maximum Gasteiger partial charge on any atom is 0.234 e. The van der Waals surface area contributed by atoms with E-state index in [1.807, 2.05) is 12.1 Å². The quantitative estimate of drug-likeness (QED) is 0.184. The van der Waals surface area contributed by atoms with Crippen LogP contribution < -0.4 is 9.47 Å². The molecule has 0 radical (unpaired) electrons. The average Bonchev–Trinajstić information content (AvgIpc) is 3.07. The summed E-state index contributed by atoms with van der Waals surface area (Å²) in [6.07, 6.45) is 6.68. The predicted octanol–water partition coefficient (Wildman–Crippen LogP) is 7.99. The van der Waals surface area contributed by atoms with Crippen LogP contribution in [-0.4, -0.2) is 59.3 Å². The van der Waals surface area contributed by atoms with Gasteiger partial charge in [-0.2, -0.15) is 0 Å². The van der Waals surface area contributed by atoms with Gasteiger partial charge in [0.2, 0.25) is 11.8 Å². The minimum Gasteiger partial charge on any atom is -0.467 e. The van der Waals surface area contributed by atoms with Crippen molar-refractivity contribution < 1.29 is 9.47 Å². The van der Waals surface area contributed by atoms with Crippen LogP contribution in [0.2, 0.25) is 0 Å². The molecule has 0 saturated carbocycles. The van der Waals surface area contributed by atoms with Crippen LogP contribution in [0.3, 0.4) is 0 Å². The standard InChI is InChI=1S/C38H42N4O2/c1-41-25-9-7-21-33(41)37(31-19-11-15-27-13-3-5-17-29(27)31)43-35-23-24-36(40-39-35)44-38(34-22-8-10-26-42(34)2)32-20-12-16-28-14-4-6-18-30(28)32/h3-6,11-20,23-24,33-34,37-38H,7-10,21-22,25-26H2,1-2H3/t33-,34-,37+,38+/m0/s1. The van der Waals surface area contributed by atoms with Crippen molar-refractivity contribution in [2.45, 2.75) is 62.8 Å². The molecular formula is C38H42N4O2. The molecule has 0 bridgehead atoms. The lowest BCUT2D eigenvalue weighted by atomic mass is 9.90. The SMILES string of the molecule is CN1CCCC[C@H]1[C@H](Oc1ccc(O[C@H](c2cccc3ccccc23)[C@@H]2CCCCN2C)nn1)c1cccc2ccccc12. The Labute approximate surface area is 260 Å². The van der Waals surface area contributed by atoms with Crippen molar-refractivity contribution in [3.8, 4) is 11.8 Å². The summed E-state index contributed by atoms with van der Waals surface area (Å²) in [6.45, 7) is 2.14. The second-order valence-electron chi connectivity index (χ2n) is 12.5. The predicted molar refractivity (Wildman–Crippen MR) is 177 cm³/mol. The van der Waals surface area contributed by atoms with Crippen molar-refractivity contribution in [2.75, 3.05) is 27.2 Å². The fourth-order valence-electron chi connectivity index (χ4n) is 7.36. The van der Waals surface area contributed by atoms with Gasteiger partial charge in [0.15, 0.2) is 0 Å². The first-order valence-corrected chi connectivity index (χ1v) is 16.2. The van der Waals surface area contributed by atoms with Gasteiger partial charge in [-0.1, -0.05) is 97.8 Å². The summed E-state index contributed by atoms with van der Waals surface area (Å²) in [5.74, 6) is 1.04. The van der Waals surface area contributed by atoms with Crippen LogP contribution in [0.1, 0.15) is 61.9 Å². The summed E-state index contributed by atoms with van der Waals surface area (Å²) < 4.78 is 13.6. The Morgan fingerprint density at radius 2 is 0.977 bits per heavy atom. The van der Waals surface area contributed by atoms with Crippen LogP contribution in [0.25, 0.3) is 21.5 Å². The Kier molecular flexibility index (Phi) is 8.45. The molecule has 0 amide bonds. The number of likely N-dealkylation sites (N-methyl/N-ethyl adjacent to an activating group) is 2. The van der Waals surface area contributed by atoms with Gasteiger partial charge in [-0.05, 0) is 74.4 Å². The van der Waals surface area contributed by atoms with Crippen LogP contribution in [0.15, 0.2) is 97.1 Å². The first kappa shape index (κ1) is 28.8. The van der Waals surface area contributed by atoms with E-state index >= 15 is 0 Å². The number of hydrogen-bond acceptors (Lipinski definition) is 6. The van der Waals surface area contributed by atoms with E-state index in [1.165, 1.54) is 58.4 Å². The van der Waals surface area contributed by atoms with Gasteiger partial charge in [0.25, 0.3) is 0 Å². The highest BCUT2D eigenvalue weighted by molar-refractivity contribution is 5.87. The Balaban J connectivity index is 1.19. The lowest BCUT2D eigenvalue weighted by molar-refractivity contribution is 0.0495. The molecule has 0 spiro atoms. The largest absolute Gasteiger partial charge is 0.467 e. The molecule has 3 heterocycles. The smallest absolute Gasteiger partial charge is 0.234 e. The van der Waals surface area contributed by atoms with Crippen LogP contribution in [0, 0.1) is 0 Å². The third kappa shape index (κ3) is 5.89. The van der Waals surface area contributed by atoms with Crippen molar-refractivity contribution in [1.82, 2.24) is 20.0 Å². The third-order valence-corrected chi connectivity index (χ3v) is 9.72. The Morgan fingerprint density at radius 3 is 1.41 bits per heavy atom. The van der Waals surface area contributed by atoms with Gasteiger partial charge >= 0.3 is 0 Å². The number of ether oxygens (including phenoxy) is 2. The lowest BCUT2D eigenvalue weighted by Gasteiger charge is -2.38. The topological polar surface area (TPSA) is 50.7 Å². The molecule has 226 valence electrons. The first-order chi connectivity index (χ1) is 21.7. The van der Waals surface area contributed by atoms with E-state index in [-0.39, 0.29) is 24.3 Å². The van der Waals surface area contributed by atoms with Crippen molar-refractivity contribution in [2.24, 2.45) is 0 Å². The highest BCUT2D eigenvalue weighted by Crippen LogP contribution is 2.37. The van der Waals surface area contributed by atoms with Gasteiger partial charge in [0, 0.05) is 23.3 Å². The summed E-state index contributed by atoms with van der Waals surface area (Å²) in [6, 6.07) is 34.5. The van der Waals surface area contributed by atoms with Gasteiger partial charge in [-0.25, -0.2) is 0 Å². The Morgan fingerprint density at radius 1 is 0.545 bits per heavy atom. The molecule has 0 unspecified atom stereocenters. The number of aromatic nitrogens is 2. The fourth-order valence-corrected chi connectivity index (χ4v) is 7.36. The molecule has 2 aliphatic heterocycles. The number of nitrogens with zero attached hydrogens (tertiary/aromatic N) is 4. The normalized spacial score (nSPS) is 21.2. The fraction of sp³-hybridized carbons (Fsp3) is 0.368. The molecule has 2 saturated heterocycles. The number of rotatable bonds is 8. The summed E-state index contributed by atoms with van der Waals surface area (Å²) >= 11 is 0. The van der Waals surface area contributed by atoms with Gasteiger partial charge < -0.3 is 9.47 Å². The van der Waals surface area contributed by atoms with E-state index in [2.05, 4.69) is 119 Å². The highest BCUT2D eigenvalue weighted by atomic mass is 16.5. The van der Waals surface area contributed by atoms with E-state index in [0.717, 1.165) is 25.9 Å². The summed E-state index contributed by atoms with van der Waals surface area (Å²) in [7, 11) is 4.42. The molecular weight excluding hydrogens is 544 g/mol. The maximum absolute atomic E-state index is 6.78. The summed E-state index contributed by atoms with van der Waals surface area (Å²) in [5.41, 5.74) is 2.39. The molecule has 6 nitrogen and oxygen atoms in total. The zero-order valence-corrected chi connectivity index (χ0v) is 25.8. The number of piperidine rings is 2. The minimum atomic E-state index is -0.160. The van der Waals surface area contributed by atoms with E-state index < -0.39 is 0 Å². The molecule has 5 aromatic rings. The van der Waals surface area contributed by atoms with E-state index in [1.54, 1.807) is 0 Å². The monoisotopic (exact) mass is 586 g/mol. The van der Waals surface area contributed by atoms with E-state index in [4.69, 9.17) is 9.47 Å². The van der Waals surface area contributed by atoms with E-state index in [9.17, 15) is 0 Å². The number of benzene rings is 4. The van der Waals surface area contributed by atoms with E-state index in [0.29, 0.717) is 11.8 Å². The number of hydrogen-bond donors (Lipinski definition) is 0. The van der Waals surface area contributed by atoms with Crippen LogP contribution >= 0.6 is 0 Å². The summed E-state index contributed by atoms with van der Waals surface area (Å²) in [4.78, 5) is 4.88. The first-order valence-electron chi connectivity index (χ1n) is 16.2. The average molecular weight is 587 g/mol. The zero-order valence-electron chi connectivity index (χ0n) is 25.8. The summed E-state index contributed by atoms with van der Waals surface area (Å²) in [5, 5.41) is 14.1. The lowest BCUT2D eigenvalue weighted by Crippen LogP contribution is -2.42. The zero-order chi connectivity index (χ0) is 29.9. The van der Waals surface area contributed by atoms with Gasteiger partial charge in [-0.3, -0.25) is 9.80 Å². The maximum atomic E-state index is 6.78. The molecule has 7 rings (SSSR count). The number of likely N-dealkylation sites (tertiary alicyclic amines) is 2. The van der Waals surface area contributed by atoms with Gasteiger partial charge in [0.05, 0.1) is 12.1 Å². The molecule has 2 aliphatic rings. The van der Waals surface area contributed by atoms with Crippen LogP contribution in [0.5, 0.6) is 11.8 Å². The Bertz CT molecular complexity index is 1570. The Hall–Kier alpha value is -4.00. The minimum absolute atomic E-state index is 0.160. The molecule has 0 N–H and O–H groups in total. The molecule has 2 fully saturated rings. The van der Waals surface area contributed by atoms with Crippen LogP contribution in [0.4, 0.5) is 0 Å². The molecule has 4 atom stereocenters. The van der Waals surface area contributed by atoms with Crippen molar-refractivity contribution >= 4 is 21.5 Å². The molecule has 1 aromatic heterocycles. The van der Waals surface area contributed by atoms with Crippen LogP contribution in [-0.2, 0) is 0 Å². The molecule has 0 aliphatic carbocycles. The number of fused-ring (bicyclic) bond motifs is 2. The second kappa shape index (κ2) is 12.9. The third-order valence-electron chi connectivity index (χ3n) is 9.72. The van der Waals surface area contributed by atoms with Gasteiger partial charge in [-0.15, -0.1) is 10.2 Å². The second-order valence-corrected chi connectivity index (χ2v) is 12.5. The molecule has 4 aromatic carbocycles. The highest BCUT2D eigenvalue weighted by Gasteiger charge is 2.34.